The van der Waals surface area contributed by atoms with Crippen LogP contribution in [0.5, 0.6) is 5.75 Å². The highest BCUT2D eigenvalue weighted by Gasteiger charge is 2.25. The first-order valence-electron chi connectivity index (χ1n) is 9.46. The molecule has 3 heterocycles. The first kappa shape index (κ1) is 17.9. The standard InChI is InChI=1S/C20H25N3O4/c1-26-14-2-3-17-15(12-14)16-13-23(7-6-18(16)21-17)20(25)5-4-19(24)22-8-10-27-11-9-22/h2-3,12,21H,4-11,13H2,1H3. The Morgan fingerprint density at radius 2 is 1.85 bits per heavy atom. The second-order valence-corrected chi connectivity index (χ2v) is 7.05. The fourth-order valence-electron chi connectivity index (χ4n) is 3.88. The van der Waals surface area contributed by atoms with Gasteiger partial charge in [-0.15, -0.1) is 0 Å². The number of benzene rings is 1. The Hall–Kier alpha value is -2.54. The van der Waals surface area contributed by atoms with Crippen LogP contribution in [-0.2, 0) is 27.3 Å². The third kappa shape index (κ3) is 3.64. The van der Waals surface area contributed by atoms with Gasteiger partial charge in [0, 0.05) is 67.6 Å². The van der Waals surface area contributed by atoms with Gasteiger partial charge in [0.1, 0.15) is 5.75 Å². The Labute approximate surface area is 158 Å². The molecule has 0 atom stereocenters. The van der Waals surface area contributed by atoms with E-state index in [0.29, 0.717) is 39.4 Å². The van der Waals surface area contributed by atoms with Crippen LogP contribution in [-0.4, -0.2) is 66.6 Å². The van der Waals surface area contributed by atoms with Crippen molar-refractivity contribution in [3.63, 3.8) is 0 Å². The molecule has 0 unspecified atom stereocenters. The molecule has 2 aliphatic rings. The lowest BCUT2D eigenvalue weighted by atomic mass is 10.0. The second kappa shape index (κ2) is 7.60. The van der Waals surface area contributed by atoms with Crippen LogP contribution in [0.15, 0.2) is 18.2 Å². The number of morpholine rings is 1. The van der Waals surface area contributed by atoms with Gasteiger partial charge in [-0.05, 0) is 18.2 Å². The monoisotopic (exact) mass is 371 g/mol. The van der Waals surface area contributed by atoms with Gasteiger partial charge in [-0.2, -0.15) is 0 Å². The number of H-pyrrole nitrogens is 1. The van der Waals surface area contributed by atoms with Crippen LogP contribution >= 0.6 is 0 Å². The van der Waals surface area contributed by atoms with Crippen molar-refractivity contribution in [3.05, 3.63) is 29.5 Å². The first-order chi connectivity index (χ1) is 13.2. The minimum Gasteiger partial charge on any atom is -0.497 e. The smallest absolute Gasteiger partial charge is 0.223 e. The molecule has 0 radical (unpaired) electrons. The maximum Gasteiger partial charge on any atom is 0.223 e. The Balaban J connectivity index is 1.41. The molecule has 2 amide bonds. The first-order valence-corrected chi connectivity index (χ1v) is 9.46. The fourth-order valence-corrected chi connectivity index (χ4v) is 3.88. The summed E-state index contributed by atoms with van der Waals surface area (Å²) in [7, 11) is 1.65. The molecule has 4 rings (SSSR count). The molecule has 0 spiro atoms. The van der Waals surface area contributed by atoms with E-state index in [1.807, 2.05) is 23.1 Å². The maximum absolute atomic E-state index is 12.7. The SMILES string of the molecule is COc1ccc2[nH]c3c(c2c1)CN(C(=O)CCC(=O)N1CCOCC1)CC3. The van der Waals surface area contributed by atoms with Crippen LogP contribution in [0.25, 0.3) is 10.9 Å². The minimum atomic E-state index is 0.0412. The molecule has 0 bridgehead atoms. The van der Waals surface area contributed by atoms with Crippen molar-refractivity contribution in [3.8, 4) is 5.75 Å². The summed E-state index contributed by atoms with van der Waals surface area (Å²) in [6.45, 7) is 3.67. The number of aromatic amines is 1. The van der Waals surface area contributed by atoms with Gasteiger partial charge in [-0.1, -0.05) is 0 Å². The normalized spacial score (nSPS) is 17.1. The highest BCUT2D eigenvalue weighted by atomic mass is 16.5. The molecule has 0 saturated carbocycles. The molecule has 7 heteroatoms. The van der Waals surface area contributed by atoms with Crippen molar-refractivity contribution in [1.29, 1.82) is 0 Å². The van der Waals surface area contributed by atoms with Crippen molar-refractivity contribution in [2.75, 3.05) is 40.0 Å². The van der Waals surface area contributed by atoms with Crippen molar-refractivity contribution in [2.45, 2.75) is 25.8 Å². The molecule has 1 aromatic carbocycles. The number of methoxy groups -OCH3 is 1. The molecule has 1 fully saturated rings. The largest absolute Gasteiger partial charge is 0.497 e. The number of hydrogen-bond donors (Lipinski definition) is 1. The lowest BCUT2D eigenvalue weighted by Gasteiger charge is -2.29. The number of hydrogen-bond acceptors (Lipinski definition) is 4. The van der Waals surface area contributed by atoms with E-state index in [1.165, 1.54) is 5.69 Å². The van der Waals surface area contributed by atoms with Crippen LogP contribution in [0.1, 0.15) is 24.1 Å². The van der Waals surface area contributed by atoms with Gasteiger partial charge in [0.25, 0.3) is 0 Å². The third-order valence-corrected chi connectivity index (χ3v) is 5.45. The molecule has 1 aromatic heterocycles. The summed E-state index contributed by atoms with van der Waals surface area (Å²) < 4.78 is 10.6. The van der Waals surface area contributed by atoms with Gasteiger partial charge in [0.2, 0.25) is 11.8 Å². The Kier molecular flexibility index (Phi) is 5.03. The lowest BCUT2D eigenvalue weighted by Crippen LogP contribution is -2.41. The summed E-state index contributed by atoms with van der Waals surface area (Å²) in [4.78, 5) is 32.0. The zero-order chi connectivity index (χ0) is 18.8. The van der Waals surface area contributed by atoms with Crippen molar-refractivity contribution in [2.24, 2.45) is 0 Å². The van der Waals surface area contributed by atoms with Crippen molar-refractivity contribution >= 4 is 22.7 Å². The topological polar surface area (TPSA) is 74.9 Å². The number of ether oxygens (including phenoxy) is 2. The maximum atomic E-state index is 12.7. The van der Waals surface area contributed by atoms with E-state index in [-0.39, 0.29) is 24.7 Å². The Morgan fingerprint density at radius 1 is 1.11 bits per heavy atom. The van der Waals surface area contributed by atoms with Crippen LogP contribution in [0.3, 0.4) is 0 Å². The molecule has 2 aliphatic heterocycles. The van der Waals surface area contributed by atoms with Crippen LogP contribution in [0.4, 0.5) is 0 Å². The van der Waals surface area contributed by atoms with Crippen molar-refractivity contribution < 1.29 is 19.1 Å². The number of amides is 2. The van der Waals surface area contributed by atoms with Gasteiger partial charge in [0.15, 0.2) is 0 Å². The molecular weight excluding hydrogens is 346 g/mol. The highest BCUT2D eigenvalue weighted by molar-refractivity contribution is 5.88. The predicted octanol–water partition coefficient (Wildman–Crippen LogP) is 1.70. The van der Waals surface area contributed by atoms with Crippen molar-refractivity contribution in [1.82, 2.24) is 14.8 Å². The van der Waals surface area contributed by atoms with E-state index < -0.39 is 0 Å². The van der Waals surface area contributed by atoms with E-state index in [9.17, 15) is 9.59 Å². The summed E-state index contributed by atoms with van der Waals surface area (Å²) in [5.74, 6) is 0.893. The average molecular weight is 371 g/mol. The van der Waals surface area contributed by atoms with Gasteiger partial charge in [-0.3, -0.25) is 9.59 Å². The Morgan fingerprint density at radius 3 is 2.59 bits per heavy atom. The number of carbonyl (C=O) groups excluding carboxylic acids is 2. The second-order valence-electron chi connectivity index (χ2n) is 7.05. The molecule has 27 heavy (non-hydrogen) atoms. The molecule has 1 saturated heterocycles. The molecular formula is C20H25N3O4. The summed E-state index contributed by atoms with van der Waals surface area (Å²) in [5.41, 5.74) is 3.41. The van der Waals surface area contributed by atoms with E-state index in [1.54, 1.807) is 12.0 Å². The number of nitrogens with zero attached hydrogens (tertiary/aromatic N) is 2. The van der Waals surface area contributed by atoms with E-state index in [4.69, 9.17) is 9.47 Å². The molecule has 2 aromatic rings. The fraction of sp³-hybridized carbons (Fsp3) is 0.500. The van der Waals surface area contributed by atoms with Gasteiger partial charge >= 0.3 is 0 Å². The predicted molar refractivity (Wildman–Crippen MR) is 101 cm³/mol. The highest BCUT2D eigenvalue weighted by Crippen LogP contribution is 2.30. The zero-order valence-electron chi connectivity index (χ0n) is 15.6. The third-order valence-electron chi connectivity index (χ3n) is 5.45. The summed E-state index contributed by atoms with van der Waals surface area (Å²) in [5, 5.41) is 1.10. The quantitative estimate of drug-likeness (QED) is 0.888. The number of carbonyl (C=O) groups is 2. The van der Waals surface area contributed by atoms with Crippen LogP contribution in [0, 0.1) is 0 Å². The van der Waals surface area contributed by atoms with Gasteiger partial charge < -0.3 is 24.3 Å². The average Bonchev–Trinajstić information content (AvgIpc) is 3.09. The molecule has 144 valence electrons. The Bertz CT molecular complexity index is 854. The zero-order valence-corrected chi connectivity index (χ0v) is 15.6. The number of rotatable bonds is 4. The summed E-state index contributed by atoms with van der Waals surface area (Å²) in [6, 6.07) is 5.96. The van der Waals surface area contributed by atoms with E-state index in [2.05, 4.69) is 4.98 Å². The molecule has 7 nitrogen and oxygen atoms in total. The van der Waals surface area contributed by atoms with Gasteiger partial charge in [0.05, 0.1) is 20.3 Å². The number of aromatic nitrogens is 1. The van der Waals surface area contributed by atoms with Gasteiger partial charge in [-0.25, -0.2) is 0 Å². The lowest BCUT2D eigenvalue weighted by molar-refractivity contribution is -0.139. The minimum absolute atomic E-state index is 0.0412. The van der Waals surface area contributed by atoms with E-state index in [0.717, 1.165) is 28.6 Å². The summed E-state index contributed by atoms with van der Waals surface area (Å²) in [6.07, 6.45) is 1.33. The number of fused-ring (bicyclic) bond motifs is 3. The summed E-state index contributed by atoms with van der Waals surface area (Å²) >= 11 is 0. The van der Waals surface area contributed by atoms with Crippen LogP contribution < -0.4 is 4.74 Å². The molecule has 0 aliphatic carbocycles. The number of nitrogens with one attached hydrogen (secondary N) is 1. The molecule has 1 N–H and O–H groups in total. The van der Waals surface area contributed by atoms with E-state index >= 15 is 0 Å². The van der Waals surface area contributed by atoms with Crippen LogP contribution in [0.2, 0.25) is 0 Å².